The Bertz CT molecular complexity index is 467. The zero-order chi connectivity index (χ0) is 15.1. The van der Waals surface area contributed by atoms with E-state index in [9.17, 15) is 9.59 Å². The highest BCUT2D eigenvalue weighted by Crippen LogP contribution is 2.27. The largest absolute Gasteiger partial charge is 0.338 e. The summed E-state index contributed by atoms with van der Waals surface area (Å²) in [6, 6.07) is 5.98. The molecule has 0 aromatic heterocycles. The predicted octanol–water partition coefficient (Wildman–Crippen LogP) is 2.48. The molecule has 20 heavy (non-hydrogen) atoms. The summed E-state index contributed by atoms with van der Waals surface area (Å²) in [6.07, 6.45) is 1.63. The third-order valence-corrected chi connectivity index (χ3v) is 3.36. The molecule has 1 N–H and O–H groups in total. The van der Waals surface area contributed by atoms with Crippen LogP contribution in [0.1, 0.15) is 31.9 Å². The molecule has 4 nitrogen and oxygen atoms in total. The molecule has 0 radical (unpaired) electrons. The number of aryl methyl sites for hydroxylation is 2. The van der Waals surface area contributed by atoms with Gasteiger partial charge in [0.1, 0.15) is 5.88 Å². The Morgan fingerprint density at radius 2 is 1.75 bits per heavy atom. The number of carbonyl (C=O) groups excluding carboxylic acids is 2. The van der Waals surface area contributed by atoms with Gasteiger partial charge in [0.05, 0.1) is 12.4 Å². The first kappa shape index (κ1) is 16.5. The van der Waals surface area contributed by atoms with Gasteiger partial charge in [0.2, 0.25) is 11.8 Å². The monoisotopic (exact) mass is 296 g/mol. The minimum atomic E-state index is -0.212. The normalized spacial score (nSPS) is 10.2. The zero-order valence-corrected chi connectivity index (χ0v) is 13.0. The summed E-state index contributed by atoms with van der Waals surface area (Å²) in [6.45, 7) is 5.65. The van der Waals surface area contributed by atoms with Crippen molar-refractivity contribution in [1.29, 1.82) is 0 Å². The number of amides is 2. The van der Waals surface area contributed by atoms with Crippen molar-refractivity contribution in [1.82, 2.24) is 5.32 Å². The van der Waals surface area contributed by atoms with Gasteiger partial charge in [-0.2, -0.15) is 0 Å². The van der Waals surface area contributed by atoms with Crippen molar-refractivity contribution in [3.63, 3.8) is 0 Å². The molecule has 1 aromatic rings. The summed E-state index contributed by atoms with van der Waals surface area (Å²) in [7, 11) is 0. The van der Waals surface area contributed by atoms with Gasteiger partial charge in [-0.15, -0.1) is 11.6 Å². The molecule has 0 spiro atoms. The van der Waals surface area contributed by atoms with Gasteiger partial charge in [0.15, 0.2) is 0 Å². The maximum absolute atomic E-state index is 12.1. The minimum Gasteiger partial charge on any atom is -0.338 e. The number of para-hydroxylation sites is 1. The van der Waals surface area contributed by atoms with Crippen LogP contribution in [0, 0.1) is 0 Å². The highest BCUT2D eigenvalue weighted by atomic mass is 35.5. The van der Waals surface area contributed by atoms with Gasteiger partial charge in [0.25, 0.3) is 0 Å². The smallest absolute Gasteiger partial charge is 0.243 e. The lowest BCUT2D eigenvalue weighted by Crippen LogP contribution is -2.42. The van der Waals surface area contributed by atoms with E-state index in [2.05, 4.69) is 5.32 Å². The Balaban J connectivity index is 3.24. The number of halogens is 1. The van der Waals surface area contributed by atoms with E-state index in [0.717, 1.165) is 29.7 Å². The Hall–Kier alpha value is -1.55. The van der Waals surface area contributed by atoms with Crippen molar-refractivity contribution in [2.24, 2.45) is 0 Å². The summed E-state index contributed by atoms with van der Waals surface area (Å²) in [5.74, 6) is -0.499. The van der Waals surface area contributed by atoms with Crippen LogP contribution >= 0.6 is 11.6 Å². The molecule has 1 rings (SSSR count). The third-order valence-electron chi connectivity index (χ3n) is 3.14. The number of nitrogens with one attached hydrogen (secondary N) is 1. The molecule has 0 atom stereocenters. The van der Waals surface area contributed by atoms with E-state index in [0.29, 0.717) is 0 Å². The molecule has 0 aliphatic heterocycles. The SMILES string of the molecule is CCc1cccc(CC)c1N(CNC(C)=O)C(=O)CCl. The molecule has 2 amide bonds. The van der Waals surface area contributed by atoms with Gasteiger partial charge in [-0.25, -0.2) is 0 Å². The molecule has 0 heterocycles. The first-order valence-electron chi connectivity index (χ1n) is 6.76. The van der Waals surface area contributed by atoms with Crippen molar-refractivity contribution in [2.75, 3.05) is 17.4 Å². The molecule has 0 fully saturated rings. The lowest BCUT2D eigenvalue weighted by molar-refractivity contribution is -0.119. The maximum atomic E-state index is 12.1. The number of rotatable bonds is 6. The number of hydrogen-bond donors (Lipinski definition) is 1. The van der Waals surface area contributed by atoms with E-state index in [1.165, 1.54) is 6.92 Å². The van der Waals surface area contributed by atoms with Crippen LogP contribution in [0.3, 0.4) is 0 Å². The Morgan fingerprint density at radius 1 is 1.20 bits per heavy atom. The second-order valence-electron chi connectivity index (χ2n) is 4.48. The zero-order valence-electron chi connectivity index (χ0n) is 12.2. The van der Waals surface area contributed by atoms with Gasteiger partial charge in [0, 0.05) is 6.92 Å². The van der Waals surface area contributed by atoms with Crippen molar-refractivity contribution >= 4 is 29.1 Å². The van der Waals surface area contributed by atoms with Gasteiger partial charge < -0.3 is 5.32 Å². The van der Waals surface area contributed by atoms with E-state index in [4.69, 9.17) is 11.6 Å². The van der Waals surface area contributed by atoms with E-state index in [1.54, 1.807) is 4.90 Å². The number of carbonyl (C=O) groups is 2. The van der Waals surface area contributed by atoms with Crippen LogP contribution in [0.25, 0.3) is 0 Å². The summed E-state index contributed by atoms with van der Waals surface area (Å²) >= 11 is 5.70. The molecule has 0 aliphatic carbocycles. The van der Waals surface area contributed by atoms with Gasteiger partial charge in [-0.3, -0.25) is 14.5 Å². The van der Waals surface area contributed by atoms with Crippen LogP contribution in [-0.4, -0.2) is 24.4 Å². The fourth-order valence-corrected chi connectivity index (χ4v) is 2.26. The van der Waals surface area contributed by atoms with E-state index in [-0.39, 0.29) is 24.4 Å². The maximum Gasteiger partial charge on any atom is 0.243 e. The first-order valence-corrected chi connectivity index (χ1v) is 7.30. The number of anilines is 1. The van der Waals surface area contributed by atoms with Crippen molar-refractivity contribution in [3.05, 3.63) is 29.3 Å². The highest BCUT2D eigenvalue weighted by molar-refractivity contribution is 6.29. The van der Waals surface area contributed by atoms with Crippen LogP contribution < -0.4 is 10.2 Å². The highest BCUT2D eigenvalue weighted by Gasteiger charge is 2.20. The molecular formula is C15H21ClN2O2. The Labute approximate surface area is 125 Å². The third kappa shape index (κ3) is 3.97. The number of nitrogens with zero attached hydrogens (tertiary/aromatic N) is 1. The van der Waals surface area contributed by atoms with Crippen LogP contribution in [0.4, 0.5) is 5.69 Å². The Kier molecular flexibility index (Phi) is 6.52. The fourth-order valence-electron chi connectivity index (χ4n) is 2.12. The first-order chi connectivity index (χ1) is 9.54. The van der Waals surface area contributed by atoms with E-state index >= 15 is 0 Å². The molecule has 0 saturated heterocycles. The van der Waals surface area contributed by atoms with Crippen molar-refractivity contribution < 1.29 is 9.59 Å². The molecule has 1 aromatic carbocycles. The average molecular weight is 297 g/mol. The quantitative estimate of drug-likeness (QED) is 0.647. The lowest BCUT2D eigenvalue weighted by atomic mass is 10.0. The lowest BCUT2D eigenvalue weighted by Gasteiger charge is -2.27. The van der Waals surface area contributed by atoms with E-state index < -0.39 is 0 Å². The number of alkyl halides is 1. The number of hydrogen-bond acceptors (Lipinski definition) is 2. The van der Waals surface area contributed by atoms with Gasteiger partial charge in [-0.1, -0.05) is 32.0 Å². The van der Waals surface area contributed by atoms with E-state index in [1.807, 2.05) is 32.0 Å². The molecule has 0 saturated carbocycles. The summed E-state index contributed by atoms with van der Waals surface area (Å²) in [4.78, 5) is 24.8. The van der Waals surface area contributed by atoms with Crippen LogP contribution in [0.5, 0.6) is 0 Å². The number of benzene rings is 1. The molecule has 110 valence electrons. The van der Waals surface area contributed by atoms with Gasteiger partial charge >= 0.3 is 0 Å². The predicted molar refractivity (Wildman–Crippen MR) is 82.1 cm³/mol. The molecule has 0 aliphatic rings. The minimum absolute atomic E-state index is 0.110. The fraction of sp³-hybridized carbons (Fsp3) is 0.467. The van der Waals surface area contributed by atoms with Crippen molar-refractivity contribution in [3.8, 4) is 0 Å². The topological polar surface area (TPSA) is 49.4 Å². The Morgan fingerprint density at radius 3 is 2.15 bits per heavy atom. The second kappa shape index (κ2) is 7.90. The van der Waals surface area contributed by atoms with Crippen LogP contribution in [0.15, 0.2) is 18.2 Å². The van der Waals surface area contributed by atoms with Crippen LogP contribution in [0.2, 0.25) is 0 Å². The standard InChI is InChI=1S/C15H21ClN2O2/c1-4-12-7-6-8-13(5-2)15(12)18(14(20)9-16)10-17-11(3)19/h6-8H,4-5,9-10H2,1-3H3,(H,17,19). The average Bonchev–Trinajstić information content (AvgIpc) is 2.46. The molecular weight excluding hydrogens is 276 g/mol. The molecule has 0 bridgehead atoms. The summed E-state index contributed by atoms with van der Waals surface area (Å²) in [5, 5.41) is 2.67. The summed E-state index contributed by atoms with van der Waals surface area (Å²) in [5.41, 5.74) is 3.03. The van der Waals surface area contributed by atoms with Gasteiger partial charge in [-0.05, 0) is 24.0 Å². The molecule has 5 heteroatoms. The van der Waals surface area contributed by atoms with Crippen LogP contribution in [-0.2, 0) is 22.4 Å². The summed E-state index contributed by atoms with van der Waals surface area (Å²) < 4.78 is 0. The second-order valence-corrected chi connectivity index (χ2v) is 4.75. The molecule has 0 unspecified atom stereocenters. The van der Waals surface area contributed by atoms with Crippen molar-refractivity contribution in [2.45, 2.75) is 33.6 Å².